The minimum Gasteiger partial charge on any atom is -0.494 e. The zero-order valence-corrected chi connectivity index (χ0v) is 11.9. The largest absolute Gasteiger partial charge is 0.494 e. The molecule has 5 nitrogen and oxygen atoms in total. The van der Waals surface area contributed by atoms with E-state index in [4.69, 9.17) is 9.47 Å². The molecular formula is C14H24N2O3. The van der Waals surface area contributed by atoms with Crippen molar-refractivity contribution in [2.45, 2.75) is 39.2 Å². The highest BCUT2D eigenvalue weighted by Crippen LogP contribution is 2.20. The minimum absolute atomic E-state index is 0.00340. The van der Waals surface area contributed by atoms with E-state index in [1.54, 1.807) is 6.26 Å². The molecule has 5 heteroatoms. The van der Waals surface area contributed by atoms with Crippen LogP contribution in [0.2, 0.25) is 0 Å². The Morgan fingerprint density at radius 3 is 3.00 bits per heavy atom. The quantitative estimate of drug-likeness (QED) is 0.834. The third kappa shape index (κ3) is 4.04. The maximum Gasteiger partial charge on any atom is 0.318 e. The van der Waals surface area contributed by atoms with Crippen LogP contribution in [0.25, 0.3) is 0 Å². The number of hydrogen-bond donors (Lipinski definition) is 1. The van der Waals surface area contributed by atoms with E-state index >= 15 is 0 Å². The van der Waals surface area contributed by atoms with E-state index in [1.165, 1.54) is 12.8 Å². The van der Waals surface area contributed by atoms with Crippen LogP contribution >= 0.6 is 0 Å². The summed E-state index contributed by atoms with van der Waals surface area (Å²) in [5.41, 5.74) is 0. The number of ether oxygens (including phenoxy) is 2. The lowest BCUT2D eigenvalue weighted by Crippen LogP contribution is -2.46. The Labute approximate surface area is 114 Å². The molecule has 2 amide bonds. The second-order valence-electron chi connectivity index (χ2n) is 5.50. The second kappa shape index (κ2) is 6.68. The normalized spacial score (nSPS) is 27.7. The highest BCUT2D eigenvalue weighted by atomic mass is 16.6. The fourth-order valence-electron chi connectivity index (χ4n) is 2.57. The summed E-state index contributed by atoms with van der Waals surface area (Å²) in [4.78, 5) is 14.2. The summed E-state index contributed by atoms with van der Waals surface area (Å²) < 4.78 is 10.6. The molecule has 0 unspecified atom stereocenters. The van der Waals surface area contributed by atoms with Gasteiger partial charge in [0, 0.05) is 12.6 Å². The minimum atomic E-state index is -0.00340. The zero-order chi connectivity index (χ0) is 13.7. The lowest BCUT2D eigenvalue weighted by Gasteiger charge is -2.29. The summed E-state index contributed by atoms with van der Waals surface area (Å²) in [7, 11) is 0. The van der Waals surface area contributed by atoms with Gasteiger partial charge in [-0.05, 0) is 25.7 Å². The van der Waals surface area contributed by atoms with E-state index in [1.807, 2.05) is 4.90 Å². The van der Waals surface area contributed by atoms with Gasteiger partial charge in [-0.15, -0.1) is 0 Å². The average Bonchev–Trinajstić information content (AvgIpc) is 2.59. The highest BCUT2D eigenvalue weighted by Gasteiger charge is 2.25. The number of likely N-dealkylation sites (tertiary alicyclic amines) is 1. The number of urea groups is 1. The molecule has 108 valence electrons. The summed E-state index contributed by atoms with van der Waals surface area (Å²) in [6.45, 7) is 6.70. The predicted molar refractivity (Wildman–Crippen MR) is 72.6 cm³/mol. The average molecular weight is 268 g/mol. The third-order valence-electron chi connectivity index (χ3n) is 3.74. The lowest BCUT2D eigenvalue weighted by atomic mass is 10.1. The standard InChI is InChI=1S/C14H24N2O3/c1-11-4-3-5-12(2)16(9-11)14(17)15-8-13-10-18-6-7-19-13/h10-12H,3-9H2,1-2H3,(H,15,17)/t11-,12-/m0/s1. The Bertz CT molecular complexity index is 344. The van der Waals surface area contributed by atoms with E-state index in [-0.39, 0.29) is 6.03 Å². The summed E-state index contributed by atoms with van der Waals surface area (Å²) in [6.07, 6.45) is 5.07. The molecule has 1 saturated heterocycles. The van der Waals surface area contributed by atoms with Crippen molar-refractivity contribution < 1.29 is 14.3 Å². The molecule has 1 N–H and O–H groups in total. The first-order chi connectivity index (χ1) is 9.16. The second-order valence-corrected chi connectivity index (χ2v) is 5.50. The molecule has 19 heavy (non-hydrogen) atoms. The molecule has 0 bridgehead atoms. The molecule has 2 atom stereocenters. The fourth-order valence-corrected chi connectivity index (χ4v) is 2.57. The summed E-state index contributed by atoms with van der Waals surface area (Å²) in [5.74, 6) is 1.26. The van der Waals surface area contributed by atoms with Crippen molar-refractivity contribution in [1.82, 2.24) is 10.2 Å². The van der Waals surface area contributed by atoms with Gasteiger partial charge in [0.25, 0.3) is 0 Å². The van der Waals surface area contributed by atoms with Gasteiger partial charge in [0.2, 0.25) is 0 Å². The van der Waals surface area contributed by atoms with Crippen LogP contribution < -0.4 is 5.32 Å². The van der Waals surface area contributed by atoms with E-state index in [0.29, 0.717) is 37.5 Å². The molecular weight excluding hydrogens is 244 g/mol. The van der Waals surface area contributed by atoms with Crippen molar-refractivity contribution in [1.29, 1.82) is 0 Å². The van der Waals surface area contributed by atoms with Crippen LogP contribution in [0.3, 0.4) is 0 Å². The first-order valence-corrected chi connectivity index (χ1v) is 7.14. The first kappa shape index (κ1) is 14.0. The number of carbonyl (C=O) groups excluding carboxylic acids is 1. The zero-order valence-electron chi connectivity index (χ0n) is 11.9. The lowest BCUT2D eigenvalue weighted by molar-refractivity contribution is 0.0808. The Morgan fingerprint density at radius 1 is 1.42 bits per heavy atom. The monoisotopic (exact) mass is 268 g/mol. The number of carbonyl (C=O) groups is 1. The third-order valence-corrected chi connectivity index (χ3v) is 3.74. The molecule has 0 saturated carbocycles. The van der Waals surface area contributed by atoms with Crippen LogP contribution in [0.4, 0.5) is 4.79 Å². The van der Waals surface area contributed by atoms with E-state index < -0.39 is 0 Å². The van der Waals surface area contributed by atoms with Gasteiger partial charge in [0.1, 0.15) is 25.2 Å². The smallest absolute Gasteiger partial charge is 0.318 e. The molecule has 1 fully saturated rings. The van der Waals surface area contributed by atoms with Crippen LogP contribution in [0.5, 0.6) is 0 Å². The maximum atomic E-state index is 12.2. The van der Waals surface area contributed by atoms with Crippen molar-refractivity contribution in [3.63, 3.8) is 0 Å². The van der Waals surface area contributed by atoms with Crippen LogP contribution in [-0.4, -0.2) is 43.3 Å². The van der Waals surface area contributed by atoms with E-state index in [9.17, 15) is 4.79 Å². The molecule has 0 aromatic carbocycles. The Kier molecular flexibility index (Phi) is 4.93. The van der Waals surface area contributed by atoms with Crippen LogP contribution in [-0.2, 0) is 9.47 Å². The van der Waals surface area contributed by atoms with Crippen LogP contribution in [0, 0.1) is 5.92 Å². The summed E-state index contributed by atoms with van der Waals surface area (Å²) in [6, 6.07) is 0.304. The van der Waals surface area contributed by atoms with E-state index in [0.717, 1.165) is 13.0 Å². The van der Waals surface area contributed by atoms with E-state index in [2.05, 4.69) is 19.2 Å². The summed E-state index contributed by atoms with van der Waals surface area (Å²) >= 11 is 0. The topological polar surface area (TPSA) is 50.8 Å². The molecule has 2 aliphatic rings. The van der Waals surface area contributed by atoms with Gasteiger partial charge in [0.15, 0.2) is 0 Å². The van der Waals surface area contributed by atoms with Gasteiger partial charge in [-0.1, -0.05) is 13.3 Å². The number of hydrogen-bond acceptors (Lipinski definition) is 3. The highest BCUT2D eigenvalue weighted by molar-refractivity contribution is 5.74. The molecule has 2 heterocycles. The molecule has 0 radical (unpaired) electrons. The number of nitrogens with zero attached hydrogens (tertiary/aromatic N) is 1. The van der Waals surface area contributed by atoms with Crippen molar-refractivity contribution in [2.75, 3.05) is 26.3 Å². The van der Waals surface area contributed by atoms with Gasteiger partial charge in [0.05, 0.1) is 6.54 Å². The SMILES string of the molecule is C[C@H]1CCC[C@H](C)N(C(=O)NCC2=COCCO2)C1. The van der Waals surface area contributed by atoms with Gasteiger partial charge in [-0.2, -0.15) is 0 Å². The fraction of sp³-hybridized carbons (Fsp3) is 0.786. The van der Waals surface area contributed by atoms with Crippen molar-refractivity contribution in [3.8, 4) is 0 Å². The van der Waals surface area contributed by atoms with Gasteiger partial charge in [-0.25, -0.2) is 4.79 Å². The molecule has 0 aromatic rings. The predicted octanol–water partition coefficient (Wildman–Crippen LogP) is 2.09. The molecule has 2 rings (SSSR count). The Hall–Kier alpha value is -1.39. The van der Waals surface area contributed by atoms with Crippen molar-refractivity contribution in [2.24, 2.45) is 5.92 Å². The molecule has 0 aromatic heterocycles. The Morgan fingerprint density at radius 2 is 2.26 bits per heavy atom. The van der Waals surface area contributed by atoms with Crippen molar-refractivity contribution >= 4 is 6.03 Å². The van der Waals surface area contributed by atoms with Gasteiger partial charge < -0.3 is 19.7 Å². The molecule has 0 aliphatic carbocycles. The maximum absolute atomic E-state index is 12.2. The van der Waals surface area contributed by atoms with Gasteiger partial charge in [-0.3, -0.25) is 0 Å². The first-order valence-electron chi connectivity index (χ1n) is 7.14. The van der Waals surface area contributed by atoms with Crippen LogP contribution in [0.15, 0.2) is 12.0 Å². The molecule has 2 aliphatic heterocycles. The number of rotatable bonds is 2. The molecule has 0 spiro atoms. The Balaban J connectivity index is 1.85. The number of amides is 2. The van der Waals surface area contributed by atoms with Gasteiger partial charge >= 0.3 is 6.03 Å². The number of nitrogens with one attached hydrogen (secondary N) is 1. The van der Waals surface area contributed by atoms with Crippen LogP contribution in [0.1, 0.15) is 33.1 Å². The van der Waals surface area contributed by atoms with Crippen molar-refractivity contribution in [3.05, 3.63) is 12.0 Å². The summed E-state index contributed by atoms with van der Waals surface area (Å²) in [5, 5.41) is 2.91.